The Bertz CT molecular complexity index is 777. The van der Waals surface area contributed by atoms with Gasteiger partial charge in [-0.2, -0.15) is 9.61 Å². The molecule has 0 saturated carbocycles. The van der Waals surface area contributed by atoms with Gasteiger partial charge in [-0.3, -0.25) is 4.79 Å². The van der Waals surface area contributed by atoms with Gasteiger partial charge in [0.2, 0.25) is 4.96 Å². The Morgan fingerprint density at radius 3 is 3.10 bits per heavy atom. The lowest BCUT2D eigenvalue weighted by atomic mass is 10.2. The van der Waals surface area contributed by atoms with Gasteiger partial charge >= 0.3 is 0 Å². The topological polar surface area (TPSA) is 72.2 Å². The summed E-state index contributed by atoms with van der Waals surface area (Å²) in [5.74, 6) is 0. The standard InChI is InChI=1S/C12H13N5OS2/c1-7-3-11(18)17-12(15-7)20-10(16-17)4-13-8(2)9-5-19-6-14-9/h3,5-6,8,13H,4H2,1-2H3. The van der Waals surface area contributed by atoms with Crippen LogP contribution in [0, 0.1) is 6.92 Å². The second kappa shape index (κ2) is 5.39. The van der Waals surface area contributed by atoms with E-state index in [0.29, 0.717) is 17.2 Å². The number of hydrogen-bond donors (Lipinski definition) is 1. The largest absolute Gasteiger partial charge is 0.302 e. The van der Waals surface area contributed by atoms with Crippen molar-refractivity contribution in [3.05, 3.63) is 43.7 Å². The second-order valence-electron chi connectivity index (χ2n) is 4.44. The SMILES string of the molecule is Cc1cc(=O)n2nc(CNC(C)c3cscn3)sc2n1. The summed E-state index contributed by atoms with van der Waals surface area (Å²) in [5.41, 5.74) is 3.41. The van der Waals surface area contributed by atoms with Crippen molar-refractivity contribution in [1.82, 2.24) is 24.9 Å². The first-order chi connectivity index (χ1) is 9.63. The maximum absolute atomic E-state index is 11.8. The van der Waals surface area contributed by atoms with Crippen LogP contribution in [0.3, 0.4) is 0 Å². The van der Waals surface area contributed by atoms with E-state index >= 15 is 0 Å². The molecule has 0 aliphatic carbocycles. The van der Waals surface area contributed by atoms with E-state index in [9.17, 15) is 4.79 Å². The van der Waals surface area contributed by atoms with Crippen LogP contribution in [0.25, 0.3) is 4.96 Å². The molecule has 0 bridgehead atoms. The number of nitrogens with one attached hydrogen (secondary N) is 1. The molecule has 0 spiro atoms. The molecule has 3 aromatic heterocycles. The fraction of sp³-hybridized carbons (Fsp3) is 0.333. The number of nitrogens with zero attached hydrogens (tertiary/aromatic N) is 4. The molecule has 3 rings (SSSR count). The van der Waals surface area contributed by atoms with Crippen molar-refractivity contribution in [3.8, 4) is 0 Å². The third-order valence-electron chi connectivity index (χ3n) is 2.87. The summed E-state index contributed by atoms with van der Waals surface area (Å²) in [6.07, 6.45) is 0. The Labute approximate surface area is 123 Å². The van der Waals surface area contributed by atoms with Crippen molar-refractivity contribution in [2.24, 2.45) is 0 Å². The average Bonchev–Trinajstić information content (AvgIpc) is 3.04. The van der Waals surface area contributed by atoms with E-state index in [2.05, 4.69) is 27.3 Å². The van der Waals surface area contributed by atoms with Gasteiger partial charge in [0.15, 0.2) is 0 Å². The molecule has 20 heavy (non-hydrogen) atoms. The highest BCUT2D eigenvalue weighted by Crippen LogP contribution is 2.15. The first-order valence-corrected chi connectivity index (χ1v) is 7.87. The lowest BCUT2D eigenvalue weighted by Gasteiger charge is -2.08. The summed E-state index contributed by atoms with van der Waals surface area (Å²) in [6, 6.07) is 1.64. The van der Waals surface area contributed by atoms with E-state index < -0.39 is 0 Å². The first kappa shape index (κ1) is 13.3. The quantitative estimate of drug-likeness (QED) is 0.795. The summed E-state index contributed by atoms with van der Waals surface area (Å²) < 4.78 is 1.35. The molecular weight excluding hydrogens is 294 g/mol. The fourth-order valence-electron chi connectivity index (χ4n) is 1.81. The van der Waals surface area contributed by atoms with Crippen LogP contribution in [0.1, 0.15) is 29.4 Å². The van der Waals surface area contributed by atoms with Crippen molar-refractivity contribution < 1.29 is 0 Å². The van der Waals surface area contributed by atoms with E-state index in [1.54, 1.807) is 11.3 Å². The molecule has 1 atom stereocenters. The molecule has 0 aromatic carbocycles. The minimum atomic E-state index is -0.137. The fourth-order valence-corrected chi connectivity index (χ4v) is 3.36. The van der Waals surface area contributed by atoms with Crippen molar-refractivity contribution >= 4 is 27.6 Å². The second-order valence-corrected chi connectivity index (χ2v) is 6.20. The maximum atomic E-state index is 11.8. The van der Waals surface area contributed by atoms with Gasteiger partial charge in [0.1, 0.15) is 5.01 Å². The Balaban J connectivity index is 1.78. The highest BCUT2D eigenvalue weighted by molar-refractivity contribution is 7.16. The molecule has 104 valence electrons. The smallest absolute Gasteiger partial charge is 0.275 e. The molecule has 0 aliphatic rings. The van der Waals surface area contributed by atoms with Crippen molar-refractivity contribution in [2.75, 3.05) is 0 Å². The Hall–Kier alpha value is -1.64. The minimum absolute atomic E-state index is 0.137. The number of fused-ring (bicyclic) bond motifs is 1. The zero-order valence-electron chi connectivity index (χ0n) is 11.0. The summed E-state index contributed by atoms with van der Waals surface area (Å²) in [4.78, 5) is 21.0. The Morgan fingerprint density at radius 2 is 2.35 bits per heavy atom. The average molecular weight is 307 g/mol. The van der Waals surface area contributed by atoms with Gasteiger partial charge in [-0.1, -0.05) is 11.3 Å². The van der Waals surface area contributed by atoms with Crippen LogP contribution in [0.15, 0.2) is 21.8 Å². The predicted molar refractivity (Wildman–Crippen MR) is 79.2 cm³/mol. The van der Waals surface area contributed by atoms with E-state index in [4.69, 9.17) is 0 Å². The third kappa shape index (κ3) is 2.62. The number of aryl methyl sites for hydroxylation is 1. The monoisotopic (exact) mass is 307 g/mol. The molecule has 3 aromatic rings. The summed E-state index contributed by atoms with van der Waals surface area (Å²) in [7, 11) is 0. The Kier molecular flexibility index (Phi) is 3.60. The van der Waals surface area contributed by atoms with Crippen LogP contribution in [0.2, 0.25) is 0 Å². The van der Waals surface area contributed by atoms with Crippen molar-refractivity contribution in [1.29, 1.82) is 0 Å². The molecule has 6 nitrogen and oxygen atoms in total. The number of thiazole rings is 1. The molecule has 0 radical (unpaired) electrons. The predicted octanol–water partition coefficient (Wildman–Crippen LogP) is 1.77. The van der Waals surface area contributed by atoms with Crippen LogP contribution < -0.4 is 10.9 Å². The number of aromatic nitrogens is 4. The van der Waals surface area contributed by atoms with Crippen LogP contribution in [0.4, 0.5) is 0 Å². The molecule has 1 unspecified atom stereocenters. The zero-order valence-corrected chi connectivity index (χ0v) is 12.7. The van der Waals surface area contributed by atoms with Crippen LogP contribution in [0.5, 0.6) is 0 Å². The van der Waals surface area contributed by atoms with E-state index in [0.717, 1.165) is 10.7 Å². The van der Waals surface area contributed by atoms with E-state index in [1.807, 2.05) is 17.8 Å². The minimum Gasteiger partial charge on any atom is -0.302 e. The summed E-state index contributed by atoms with van der Waals surface area (Å²) >= 11 is 3.00. The van der Waals surface area contributed by atoms with Crippen LogP contribution in [-0.4, -0.2) is 19.6 Å². The number of rotatable bonds is 4. The third-order valence-corrected chi connectivity index (χ3v) is 4.38. The lowest BCUT2D eigenvalue weighted by molar-refractivity contribution is 0.559. The van der Waals surface area contributed by atoms with Crippen LogP contribution in [-0.2, 0) is 6.54 Å². The van der Waals surface area contributed by atoms with Crippen molar-refractivity contribution in [2.45, 2.75) is 26.4 Å². The lowest BCUT2D eigenvalue weighted by Crippen LogP contribution is -2.19. The summed E-state index contributed by atoms with van der Waals surface area (Å²) in [5, 5.41) is 10.5. The maximum Gasteiger partial charge on any atom is 0.275 e. The van der Waals surface area contributed by atoms with Gasteiger partial charge in [0.05, 0.1) is 17.7 Å². The van der Waals surface area contributed by atoms with E-state index in [-0.39, 0.29) is 11.6 Å². The first-order valence-electron chi connectivity index (χ1n) is 6.11. The molecule has 1 N–H and O–H groups in total. The van der Waals surface area contributed by atoms with Gasteiger partial charge < -0.3 is 5.32 Å². The molecular formula is C12H13N5OS2. The van der Waals surface area contributed by atoms with Gasteiger partial charge in [0.25, 0.3) is 5.56 Å². The highest BCUT2D eigenvalue weighted by Gasteiger charge is 2.10. The Morgan fingerprint density at radius 1 is 1.50 bits per heavy atom. The van der Waals surface area contributed by atoms with Gasteiger partial charge in [-0.05, 0) is 13.8 Å². The van der Waals surface area contributed by atoms with Gasteiger partial charge in [0, 0.05) is 23.2 Å². The molecule has 8 heteroatoms. The molecule has 0 amide bonds. The van der Waals surface area contributed by atoms with E-state index in [1.165, 1.54) is 21.9 Å². The molecule has 0 fully saturated rings. The van der Waals surface area contributed by atoms with Gasteiger partial charge in [-0.25, -0.2) is 9.97 Å². The summed E-state index contributed by atoms with van der Waals surface area (Å²) in [6.45, 7) is 4.45. The zero-order chi connectivity index (χ0) is 14.1. The highest BCUT2D eigenvalue weighted by atomic mass is 32.1. The molecule has 3 heterocycles. The van der Waals surface area contributed by atoms with Gasteiger partial charge in [-0.15, -0.1) is 11.3 Å². The number of hydrogen-bond acceptors (Lipinski definition) is 7. The molecule has 0 saturated heterocycles. The normalized spacial score (nSPS) is 12.9. The molecule has 0 aliphatic heterocycles. The van der Waals surface area contributed by atoms with Crippen molar-refractivity contribution in [3.63, 3.8) is 0 Å². The van der Waals surface area contributed by atoms with Crippen LogP contribution >= 0.6 is 22.7 Å².